The Morgan fingerprint density at radius 1 is 1.00 bits per heavy atom. The Balaban J connectivity index is 1.49. The van der Waals surface area contributed by atoms with E-state index in [2.05, 4.69) is 15.8 Å². The summed E-state index contributed by atoms with van der Waals surface area (Å²) in [7, 11) is -3.78. The Bertz CT molecular complexity index is 1400. The molecule has 1 unspecified atom stereocenters. The number of benzene rings is 3. The van der Waals surface area contributed by atoms with E-state index in [-0.39, 0.29) is 34.3 Å². The second-order valence-corrected chi connectivity index (χ2v) is 10.9. The molecular formula is C26H26Cl2N4O5S. The van der Waals surface area contributed by atoms with Crippen molar-refractivity contribution in [1.82, 2.24) is 10.7 Å². The van der Waals surface area contributed by atoms with Crippen LogP contribution in [0.5, 0.6) is 5.75 Å². The number of hydrogen-bond donors (Lipinski definition) is 2. The average Bonchev–Trinajstić information content (AvgIpc) is 2.88. The first kappa shape index (κ1) is 29.0. The zero-order valence-electron chi connectivity index (χ0n) is 20.6. The molecule has 0 spiro atoms. The SMILES string of the molecule is CC(NC(=O)COc1ccc(/C=N/NC(=O)CN(c2ccc(Cl)c(Cl)c2)S(C)(=O)=O)cc1)c1ccccc1. The van der Waals surface area contributed by atoms with Gasteiger partial charge in [0, 0.05) is 0 Å². The maximum Gasteiger partial charge on any atom is 0.260 e. The van der Waals surface area contributed by atoms with Crippen molar-refractivity contribution in [3.8, 4) is 5.75 Å². The molecule has 2 amide bonds. The summed E-state index contributed by atoms with van der Waals surface area (Å²) < 4.78 is 30.8. The molecule has 0 radical (unpaired) electrons. The van der Waals surface area contributed by atoms with E-state index in [9.17, 15) is 18.0 Å². The topological polar surface area (TPSA) is 117 Å². The summed E-state index contributed by atoms with van der Waals surface area (Å²) in [4.78, 5) is 24.5. The van der Waals surface area contributed by atoms with Gasteiger partial charge in [-0.1, -0.05) is 53.5 Å². The number of halogens is 2. The van der Waals surface area contributed by atoms with Crippen LogP contribution in [0.1, 0.15) is 24.1 Å². The maximum atomic E-state index is 12.3. The largest absolute Gasteiger partial charge is 0.484 e. The predicted molar refractivity (Wildman–Crippen MR) is 149 cm³/mol. The van der Waals surface area contributed by atoms with Gasteiger partial charge in [-0.3, -0.25) is 13.9 Å². The van der Waals surface area contributed by atoms with Gasteiger partial charge in [0.15, 0.2) is 6.61 Å². The number of nitrogens with one attached hydrogen (secondary N) is 2. The number of amides is 2. The fraction of sp³-hybridized carbons (Fsp3) is 0.192. The van der Waals surface area contributed by atoms with Crippen molar-refractivity contribution in [3.05, 3.63) is 94.0 Å². The molecule has 12 heteroatoms. The van der Waals surface area contributed by atoms with E-state index in [1.807, 2.05) is 37.3 Å². The Morgan fingerprint density at radius 2 is 1.68 bits per heavy atom. The van der Waals surface area contributed by atoms with Crippen LogP contribution in [0.4, 0.5) is 5.69 Å². The monoisotopic (exact) mass is 576 g/mol. The van der Waals surface area contributed by atoms with Crippen LogP contribution in [0.2, 0.25) is 10.0 Å². The van der Waals surface area contributed by atoms with Crippen molar-refractivity contribution in [2.24, 2.45) is 5.10 Å². The molecule has 0 aliphatic heterocycles. The number of nitrogens with zero attached hydrogens (tertiary/aromatic N) is 2. The first-order valence-electron chi connectivity index (χ1n) is 11.3. The number of hydrazone groups is 1. The highest BCUT2D eigenvalue weighted by atomic mass is 35.5. The minimum Gasteiger partial charge on any atom is -0.484 e. The van der Waals surface area contributed by atoms with Crippen molar-refractivity contribution in [1.29, 1.82) is 0 Å². The quantitative estimate of drug-likeness (QED) is 0.262. The number of carbonyl (C=O) groups is 2. The summed E-state index contributed by atoms with van der Waals surface area (Å²) in [6.07, 6.45) is 2.36. The van der Waals surface area contributed by atoms with Crippen LogP contribution in [0.3, 0.4) is 0 Å². The molecule has 9 nitrogen and oxygen atoms in total. The smallest absolute Gasteiger partial charge is 0.260 e. The predicted octanol–water partition coefficient (Wildman–Crippen LogP) is 4.17. The summed E-state index contributed by atoms with van der Waals surface area (Å²) in [6, 6.07) is 20.4. The molecule has 1 atom stereocenters. The highest BCUT2D eigenvalue weighted by molar-refractivity contribution is 7.92. The van der Waals surface area contributed by atoms with Gasteiger partial charge < -0.3 is 10.1 Å². The fourth-order valence-corrected chi connectivity index (χ4v) is 4.43. The molecule has 0 bridgehead atoms. The highest BCUT2D eigenvalue weighted by Crippen LogP contribution is 2.28. The lowest BCUT2D eigenvalue weighted by molar-refractivity contribution is -0.123. The summed E-state index contributed by atoms with van der Waals surface area (Å²) in [5.41, 5.74) is 4.13. The number of sulfonamides is 1. The molecular weight excluding hydrogens is 551 g/mol. The number of anilines is 1. The van der Waals surface area contributed by atoms with Crippen LogP contribution in [-0.2, 0) is 19.6 Å². The highest BCUT2D eigenvalue weighted by Gasteiger charge is 2.21. The molecule has 200 valence electrons. The lowest BCUT2D eigenvalue weighted by Gasteiger charge is -2.21. The van der Waals surface area contributed by atoms with Crippen molar-refractivity contribution in [2.75, 3.05) is 23.7 Å². The minimum absolute atomic E-state index is 0.143. The minimum atomic E-state index is -3.78. The summed E-state index contributed by atoms with van der Waals surface area (Å²) in [5, 5.41) is 7.16. The van der Waals surface area contributed by atoms with Crippen LogP contribution in [0.15, 0.2) is 77.9 Å². The summed E-state index contributed by atoms with van der Waals surface area (Å²) in [6.45, 7) is 1.24. The standard InChI is InChI=1S/C26H26Cl2N4O5S/c1-18(20-6-4-3-5-7-20)30-26(34)17-37-22-11-8-19(9-12-22)15-29-31-25(33)16-32(38(2,35)36)21-10-13-23(27)24(28)14-21/h3-15,18H,16-17H2,1-2H3,(H,30,34)(H,31,33)/b29-15+. The van der Waals surface area contributed by atoms with Gasteiger partial charge in [0.1, 0.15) is 12.3 Å². The van der Waals surface area contributed by atoms with Crippen LogP contribution in [0.25, 0.3) is 0 Å². The van der Waals surface area contributed by atoms with E-state index in [0.29, 0.717) is 11.3 Å². The third-order valence-corrected chi connectivity index (χ3v) is 7.09. The van der Waals surface area contributed by atoms with Crippen LogP contribution >= 0.6 is 23.2 Å². The molecule has 2 N–H and O–H groups in total. The molecule has 0 heterocycles. The van der Waals surface area contributed by atoms with Gasteiger partial charge in [0.25, 0.3) is 11.8 Å². The summed E-state index contributed by atoms with van der Waals surface area (Å²) in [5.74, 6) is -0.425. The zero-order chi connectivity index (χ0) is 27.7. The molecule has 3 aromatic rings. The van der Waals surface area contributed by atoms with E-state index >= 15 is 0 Å². The Labute approximate surface area is 231 Å². The average molecular weight is 577 g/mol. The van der Waals surface area contributed by atoms with Crippen LogP contribution in [-0.4, -0.2) is 45.9 Å². The fourth-order valence-electron chi connectivity index (χ4n) is 3.29. The number of rotatable bonds is 11. The summed E-state index contributed by atoms with van der Waals surface area (Å²) >= 11 is 11.9. The Hall–Kier alpha value is -3.60. The van der Waals surface area contributed by atoms with Crippen molar-refractivity contribution in [2.45, 2.75) is 13.0 Å². The number of ether oxygens (including phenoxy) is 1. The molecule has 3 rings (SSSR count). The molecule has 0 aliphatic rings. The molecule has 3 aromatic carbocycles. The van der Waals surface area contributed by atoms with E-state index in [0.717, 1.165) is 16.1 Å². The van der Waals surface area contributed by atoms with Gasteiger partial charge in [-0.05, 0) is 60.5 Å². The third kappa shape index (κ3) is 8.76. The van der Waals surface area contributed by atoms with Crippen molar-refractivity contribution >= 4 is 56.9 Å². The first-order valence-corrected chi connectivity index (χ1v) is 13.9. The second kappa shape index (κ2) is 13.3. The van der Waals surface area contributed by atoms with E-state index in [1.165, 1.54) is 24.4 Å². The molecule has 0 aromatic heterocycles. The van der Waals surface area contributed by atoms with Gasteiger partial charge in [0.2, 0.25) is 10.0 Å². The molecule has 0 saturated heterocycles. The molecule has 0 fully saturated rings. The third-order valence-electron chi connectivity index (χ3n) is 5.21. The Kier molecular flexibility index (Phi) is 10.1. The van der Waals surface area contributed by atoms with Crippen LogP contribution < -0.4 is 19.8 Å². The molecule has 0 aliphatic carbocycles. The zero-order valence-corrected chi connectivity index (χ0v) is 22.9. The number of carbonyl (C=O) groups excluding carboxylic acids is 2. The lowest BCUT2D eigenvalue weighted by atomic mass is 10.1. The lowest BCUT2D eigenvalue weighted by Crippen LogP contribution is -2.39. The van der Waals surface area contributed by atoms with Crippen molar-refractivity contribution in [3.63, 3.8) is 0 Å². The van der Waals surface area contributed by atoms with Gasteiger partial charge in [-0.2, -0.15) is 5.10 Å². The van der Waals surface area contributed by atoms with E-state index in [4.69, 9.17) is 27.9 Å². The molecule has 0 saturated carbocycles. The van der Waals surface area contributed by atoms with E-state index < -0.39 is 22.5 Å². The van der Waals surface area contributed by atoms with Crippen molar-refractivity contribution < 1.29 is 22.7 Å². The van der Waals surface area contributed by atoms with Gasteiger partial charge >= 0.3 is 0 Å². The first-order chi connectivity index (χ1) is 18.0. The second-order valence-electron chi connectivity index (χ2n) is 8.22. The van der Waals surface area contributed by atoms with Crippen LogP contribution in [0, 0.1) is 0 Å². The number of hydrogen-bond acceptors (Lipinski definition) is 6. The molecule has 38 heavy (non-hydrogen) atoms. The maximum absolute atomic E-state index is 12.3. The Morgan fingerprint density at radius 3 is 2.32 bits per heavy atom. The van der Waals surface area contributed by atoms with Gasteiger partial charge in [-0.15, -0.1) is 0 Å². The normalized spacial score (nSPS) is 12.1. The van der Waals surface area contributed by atoms with Gasteiger partial charge in [-0.25, -0.2) is 13.8 Å². The van der Waals surface area contributed by atoms with E-state index in [1.54, 1.807) is 24.3 Å². The van der Waals surface area contributed by atoms with Gasteiger partial charge in [0.05, 0.1) is 34.2 Å².